The third-order valence-corrected chi connectivity index (χ3v) is 6.26. The van der Waals surface area contributed by atoms with Crippen LogP contribution in [0.3, 0.4) is 0 Å². The molecule has 0 saturated carbocycles. The Balaban J connectivity index is 1.60. The summed E-state index contributed by atoms with van der Waals surface area (Å²) in [6.07, 6.45) is 2.86. The van der Waals surface area contributed by atoms with Crippen molar-refractivity contribution in [2.45, 2.75) is 19.3 Å². The van der Waals surface area contributed by atoms with Crippen molar-refractivity contribution in [3.05, 3.63) is 34.2 Å². The number of ether oxygens (including phenoxy) is 3. The van der Waals surface area contributed by atoms with Crippen LogP contribution in [-0.4, -0.2) is 37.0 Å². The normalized spacial score (nSPS) is 20.0. The average Bonchev–Trinajstić information content (AvgIpc) is 3.30. The molecule has 3 aliphatic rings. The molecule has 0 spiro atoms. The summed E-state index contributed by atoms with van der Waals surface area (Å²) in [7, 11) is 1.97. The molecule has 5 rings (SSSR count). The molecule has 7 nitrogen and oxygen atoms in total. The van der Waals surface area contributed by atoms with Crippen LogP contribution in [0.15, 0.2) is 23.3 Å². The van der Waals surface area contributed by atoms with Gasteiger partial charge in [-0.25, -0.2) is 0 Å². The molecular weight excluding hydrogens is 366 g/mol. The van der Waals surface area contributed by atoms with Crippen molar-refractivity contribution in [1.82, 2.24) is 5.01 Å². The third-order valence-electron chi connectivity index (χ3n) is 5.14. The molecule has 140 valence electrons. The van der Waals surface area contributed by atoms with E-state index in [0.29, 0.717) is 33.1 Å². The number of fused-ring (bicyclic) bond motifs is 4. The second-order valence-electron chi connectivity index (χ2n) is 6.97. The molecule has 1 unspecified atom stereocenters. The van der Waals surface area contributed by atoms with Crippen LogP contribution in [0.4, 0.5) is 0 Å². The van der Waals surface area contributed by atoms with E-state index in [1.54, 1.807) is 6.07 Å². The maximum Gasteiger partial charge on any atom is 0.259 e. The van der Waals surface area contributed by atoms with Gasteiger partial charge in [0, 0.05) is 25.6 Å². The van der Waals surface area contributed by atoms with E-state index in [-0.39, 0.29) is 6.79 Å². The number of nitrogens with two attached hydrogens (primary N) is 1. The van der Waals surface area contributed by atoms with E-state index in [1.807, 2.05) is 24.2 Å². The number of hydrogen-bond acceptors (Lipinski definition) is 7. The maximum absolute atomic E-state index is 12.1. The molecule has 3 heterocycles. The quantitative estimate of drug-likeness (QED) is 0.878. The zero-order valence-electron chi connectivity index (χ0n) is 14.9. The average molecular weight is 385 g/mol. The van der Waals surface area contributed by atoms with Crippen molar-refractivity contribution in [1.29, 1.82) is 0 Å². The predicted molar refractivity (Wildman–Crippen MR) is 101 cm³/mol. The summed E-state index contributed by atoms with van der Waals surface area (Å²) in [5.41, 5.74) is 8.58. The standard InChI is InChI=1S/C19H19N3O4S/c1-22-8-10-3-2-4-12-15(16(10)21-22)19(27-17(12)18(20)23)26-11-5-6-13-14(7-11)25-9-24-13/h5-7,10H,2-4,8-9H2,1H3,(H2,20,23). The molecule has 1 amide bonds. The Morgan fingerprint density at radius 2 is 2.22 bits per heavy atom. The van der Waals surface area contributed by atoms with Crippen LogP contribution in [0, 0.1) is 5.92 Å². The summed E-state index contributed by atoms with van der Waals surface area (Å²) < 4.78 is 17.0. The lowest BCUT2D eigenvalue weighted by molar-refractivity contribution is 0.100. The molecule has 0 saturated heterocycles. The number of hydrogen-bond donors (Lipinski definition) is 1. The Hall–Kier alpha value is -2.74. The van der Waals surface area contributed by atoms with Crippen LogP contribution in [0.25, 0.3) is 0 Å². The van der Waals surface area contributed by atoms with Crippen molar-refractivity contribution in [2.75, 3.05) is 20.4 Å². The minimum absolute atomic E-state index is 0.212. The van der Waals surface area contributed by atoms with Gasteiger partial charge >= 0.3 is 0 Å². The lowest BCUT2D eigenvalue weighted by Crippen LogP contribution is -2.16. The number of carbonyl (C=O) groups excluding carboxylic acids is 1. The number of rotatable bonds is 3. The van der Waals surface area contributed by atoms with Crippen LogP contribution in [0.2, 0.25) is 0 Å². The second-order valence-corrected chi connectivity index (χ2v) is 7.95. The van der Waals surface area contributed by atoms with Gasteiger partial charge in [0.2, 0.25) is 6.79 Å². The Morgan fingerprint density at radius 3 is 3.07 bits per heavy atom. The van der Waals surface area contributed by atoms with E-state index in [2.05, 4.69) is 0 Å². The van der Waals surface area contributed by atoms with Crippen molar-refractivity contribution in [3.63, 3.8) is 0 Å². The molecular formula is C19H19N3O4S. The van der Waals surface area contributed by atoms with E-state index in [9.17, 15) is 4.79 Å². The monoisotopic (exact) mass is 385 g/mol. The number of nitrogens with zero attached hydrogens (tertiary/aromatic N) is 2. The van der Waals surface area contributed by atoms with Gasteiger partial charge in [-0.1, -0.05) is 11.3 Å². The minimum atomic E-state index is -0.415. The van der Waals surface area contributed by atoms with Gasteiger partial charge in [0.1, 0.15) is 5.75 Å². The summed E-state index contributed by atoms with van der Waals surface area (Å²) >= 11 is 1.30. The molecule has 1 aromatic heterocycles. The van der Waals surface area contributed by atoms with Gasteiger partial charge in [-0.15, -0.1) is 0 Å². The molecule has 2 N–H and O–H groups in total. The highest BCUT2D eigenvalue weighted by Crippen LogP contribution is 2.45. The van der Waals surface area contributed by atoms with Gasteiger partial charge in [-0.3, -0.25) is 9.80 Å². The van der Waals surface area contributed by atoms with Gasteiger partial charge in [0.15, 0.2) is 16.6 Å². The fourth-order valence-corrected chi connectivity index (χ4v) is 5.06. The Labute approximate surface area is 160 Å². The maximum atomic E-state index is 12.1. The number of thiophene rings is 1. The summed E-state index contributed by atoms with van der Waals surface area (Å²) in [4.78, 5) is 12.6. The Bertz CT molecular complexity index is 968. The first-order valence-electron chi connectivity index (χ1n) is 8.93. The first-order chi connectivity index (χ1) is 13.1. The van der Waals surface area contributed by atoms with E-state index >= 15 is 0 Å². The Kier molecular flexibility index (Phi) is 3.75. The first-order valence-corrected chi connectivity index (χ1v) is 9.75. The summed E-state index contributed by atoms with van der Waals surface area (Å²) in [5.74, 6) is 1.92. The zero-order chi connectivity index (χ0) is 18.5. The number of carbonyl (C=O) groups is 1. The molecule has 1 aromatic carbocycles. The van der Waals surface area contributed by atoms with Gasteiger partial charge in [-0.2, -0.15) is 5.10 Å². The minimum Gasteiger partial charge on any atom is -0.454 e. The van der Waals surface area contributed by atoms with Crippen molar-refractivity contribution < 1.29 is 19.0 Å². The first kappa shape index (κ1) is 16.4. The van der Waals surface area contributed by atoms with E-state index in [0.717, 1.165) is 42.6 Å². The molecule has 2 aliphatic heterocycles. The van der Waals surface area contributed by atoms with Crippen molar-refractivity contribution in [2.24, 2.45) is 16.8 Å². The van der Waals surface area contributed by atoms with Gasteiger partial charge < -0.3 is 19.9 Å². The van der Waals surface area contributed by atoms with Crippen molar-refractivity contribution in [3.8, 4) is 22.3 Å². The number of hydrazone groups is 1. The van der Waals surface area contributed by atoms with Crippen LogP contribution in [-0.2, 0) is 6.42 Å². The van der Waals surface area contributed by atoms with Gasteiger partial charge in [-0.05, 0) is 37.0 Å². The topological polar surface area (TPSA) is 86.4 Å². The fraction of sp³-hybridized carbons (Fsp3) is 0.368. The largest absolute Gasteiger partial charge is 0.454 e. The fourth-order valence-electron chi connectivity index (χ4n) is 3.98. The zero-order valence-corrected chi connectivity index (χ0v) is 15.7. The molecule has 8 heteroatoms. The SMILES string of the molecule is CN1CC2CCCc3c(C(N)=O)sc(Oc4ccc5c(c4)OCO5)c3C2=N1. The van der Waals surface area contributed by atoms with Crippen LogP contribution in [0.5, 0.6) is 22.3 Å². The summed E-state index contributed by atoms with van der Waals surface area (Å²) in [6, 6.07) is 5.46. The number of primary amides is 1. The van der Waals surface area contributed by atoms with E-state index < -0.39 is 5.91 Å². The Morgan fingerprint density at radius 1 is 1.37 bits per heavy atom. The van der Waals surface area contributed by atoms with Gasteiger partial charge in [0.05, 0.1) is 16.2 Å². The molecule has 0 radical (unpaired) electrons. The van der Waals surface area contributed by atoms with Gasteiger partial charge in [0.25, 0.3) is 5.91 Å². The lowest BCUT2D eigenvalue weighted by Gasteiger charge is -2.11. The molecule has 0 fully saturated rings. The highest BCUT2D eigenvalue weighted by molar-refractivity contribution is 7.16. The molecule has 27 heavy (non-hydrogen) atoms. The molecule has 1 atom stereocenters. The smallest absolute Gasteiger partial charge is 0.259 e. The number of amides is 1. The van der Waals surface area contributed by atoms with Crippen LogP contribution < -0.4 is 19.9 Å². The molecule has 2 aromatic rings. The third kappa shape index (κ3) is 2.71. The lowest BCUT2D eigenvalue weighted by atomic mass is 9.96. The second kappa shape index (κ2) is 6.16. The van der Waals surface area contributed by atoms with E-state index in [1.165, 1.54) is 11.3 Å². The van der Waals surface area contributed by atoms with Crippen molar-refractivity contribution >= 4 is 23.0 Å². The highest BCUT2D eigenvalue weighted by Gasteiger charge is 2.36. The molecule has 0 bridgehead atoms. The summed E-state index contributed by atoms with van der Waals surface area (Å²) in [6.45, 7) is 1.10. The predicted octanol–water partition coefficient (Wildman–Crippen LogP) is 2.97. The van der Waals surface area contributed by atoms with Crippen LogP contribution in [0.1, 0.15) is 33.6 Å². The number of benzene rings is 1. The highest BCUT2D eigenvalue weighted by atomic mass is 32.1. The molecule has 1 aliphatic carbocycles. The van der Waals surface area contributed by atoms with Crippen LogP contribution >= 0.6 is 11.3 Å². The van der Waals surface area contributed by atoms with E-state index in [4.69, 9.17) is 25.0 Å². The summed E-state index contributed by atoms with van der Waals surface area (Å²) in [5, 5.41) is 7.35.